The molecule has 1 heterocycles. The molecule has 1 rings (SSSR count). The van der Waals surface area contributed by atoms with Crippen LogP contribution >= 0.6 is 0 Å². The van der Waals surface area contributed by atoms with Gasteiger partial charge in [0.05, 0.1) is 6.10 Å². The van der Waals surface area contributed by atoms with Gasteiger partial charge in [-0.15, -0.1) is 0 Å². The minimum absolute atomic E-state index is 0.624. The van der Waals surface area contributed by atoms with E-state index in [0.717, 1.165) is 6.61 Å². The average Bonchev–Trinajstić information content (AvgIpc) is 2.18. The fraction of sp³-hybridized carbons (Fsp3) is 0.929. The second-order valence-electron chi connectivity index (χ2n) is 4.70. The predicted molar refractivity (Wildman–Crippen MR) is 65.9 cm³/mol. The minimum atomic E-state index is 0.624. The van der Waals surface area contributed by atoms with E-state index in [4.69, 9.17) is 4.74 Å². The second kappa shape index (κ2) is 9.21. The zero-order valence-electron chi connectivity index (χ0n) is 10.3. The van der Waals surface area contributed by atoms with Crippen LogP contribution in [0.3, 0.4) is 0 Å². The molecule has 1 radical (unpaired) electrons. The van der Waals surface area contributed by atoms with Crippen molar-refractivity contribution in [3.05, 3.63) is 6.42 Å². The molecule has 0 amide bonds. The molecule has 0 aliphatic carbocycles. The van der Waals surface area contributed by atoms with Gasteiger partial charge < -0.3 is 4.74 Å². The Hall–Kier alpha value is -0.0400. The van der Waals surface area contributed by atoms with Crippen LogP contribution in [0.25, 0.3) is 0 Å². The number of hydrogen-bond acceptors (Lipinski definition) is 1. The fourth-order valence-corrected chi connectivity index (χ4v) is 2.03. The van der Waals surface area contributed by atoms with Gasteiger partial charge in [0.15, 0.2) is 0 Å². The van der Waals surface area contributed by atoms with Crippen LogP contribution in [0.2, 0.25) is 0 Å². The van der Waals surface area contributed by atoms with Crippen LogP contribution in [0.5, 0.6) is 0 Å². The quantitative estimate of drug-likeness (QED) is 0.483. The lowest BCUT2D eigenvalue weighted by molar-refractivity contribution is -0.0555. The van der Waals surface area contributed by atoms with Gasteiger partial charge in [0, 0.05) is 6.61 Å². The van der Waals surface area contributed by atoms with E-state index in [0.29, 0.717) is 6.10 Å². The zero-order chi connectivity index (χ0) is 10.8. The first kappa shape index (κ1) is 13.0. The van der Waals surface area contributed by atoms with Crippen molar-refractivity contribution >= 4 is 0 Å². The van der Waals surface area contributed by atoms with E-state index in [1.807, 2.05) is 0 Å². The lowest BCUT2D eigenvalue weighted by Gasteiger charge is -2.26. The molecule has 1 saturated heterocycles. The average molecular weight is 211 g/mol. The summed E-state index contributed by atoms with van der Waals surface area (Å²) in [6.45, 7) is 3.28. The van der Waals surface area contributed by atoms with Crippen LogP contribution in [0.15, 0.2) is 0 Å². The maximum absolute atomic E-state index is 5.39. The predicted octanol–water partition coefficient (Wildman–Crippen LogP) is 4.51. The summed E-state index contributed by atoms with van der Waals surface area (Å²) in [5.74, 6) is 0. The topological polar surface area (TPSA) is 9.23 Å². The molecule has 15 heavy (non-hydrogen) atoms. The molecule has 1 atom stereocenters. The fourth-order valence-electron chi connectivity index (χ4n) is 2.03. The van der Waals surface area contributed by atoms with Gasteiger partial charge in [0.2, 0.25) is 0 Å². The Balaban J connectivity index is 1.66. The highest BCUT2D eigenvalue weighted by Gasteiger charge is 2.16. The number of ether oxygens (including phenoxy) is 1. The molecule has 0 bridgehead atoms. The maximum Gasteiger partial charge on any atom is 0.0597 e. The summed E-state index contributed by atoms with van der Waals surface area (Å²) in [6, 6.07) is 0. The Morgan fingerprint density at radius 1 is 1.07 bits per heavy atom. The third kappa shape index (κ3) is 6.94. The molecule has 89 valence electrons. The Kier molecular flexibility index (Phi) is 7.99. The molecule has 1 heteroatoms. The first-order valence-electron chi connectivity index (χ1n) is 6.86. The van der Waals surface area contributed by atoms with Crippen molar-refractivity contribution in [2.75, 3.05) is 6.61 Å². The van der Waals surface area contributed by atoms with E-state index in [1.165, 1.54) is 64.2 Å². The van der Waals surface area contributed by atoms with Gasteiger partial charge >= 0.3 is 0 Å². The van der Waals surface area contributed by atoms with Crippen LogP contribution in [0.1, 0.15) is 71.1 Å². The van der Waals surface area contributed by atoms with Crippen molar-refractivity contribution in [1.29, 1.82) is 0 Å². The summed E-state index contributed by atoms with van der Waals surface area (Å²) in [4.78, 5) is 0. The molecule has 0 N–H and O–H groups in total. The van der Waals surface area contributed by atoms with Crippen LogP contribution in [0.4, 0.5) is 0 Å². The van der Waals surface area contributed by atoms with Crippen LogP contribution < -0.4 is 0 Å². The van der Waals surface area contributed by atoms with E-state index in [9.17, 15) is 0 Å². The summed E-state index contributed by atoms with van der Waals surface area (Å²) in [5.41, 5.74) is 0. The Labute approximate surface area is 95.6 Å². The highest BCUT2D eigenvalue weighted by atomic mass is 16.5. The highest BCUT2D eigenvalue weighted by Crippen LogP contribution is 2.18. The van der Waals surface area contributed by atoms with E-state index in [2.05, 4.69) is 13.3 Å². The summed E-state index contributed by atoms with van der Waals surface area (Å²) < 4.78 is 5.39. The number of unbranched alkanes of at least 4 members (excludes halogenated alkanes) is 8. The lowest BCUT2D eigenvalue weighted by atomic mass is 10.0. The van der Waals surface area contributed by atoms with E-state index >= 15 is 0 Å². The molecule has 1 aliphatic rings. The van der Waals surface area contributed by atoms with E-state index in [-0.39, 0.29) is 0 Å². The third-order valence-corrected chi connectivity index (χ3v) is 3.24. The molecular weight excluding hydrogens is 184 g/mol. The molecule has 0 saturated carbocycles. The van der Waals surface area contributed by atoms with E-state index in [1.54, 1.807) is 0 Å². The summed E-state index contributed by atoms with van der Waals surface area (Å²) in [7, 11) is 0. The molecule has 1 fully saturated rings. The van der Waals surface area contributed by atoms with Crippen molar-refractivity contribution in [3.8, 4) is 0 Å². The van der Waals surface area contributed by atoms with Gasteiger partial charge in [-0.25, -0.2) is 0 Å². The van der Waals surface area contributed by atoms with E-state index < -0.39 is 0 Å². The summed E-state index contributed by atoms with van der Waals surface area (Å²) >= 11 is 0. The SMILES string of the molecule is CCCCC[CH]CCCCCC1CCO1. The van der Waals surface area contributed by atoms with Crippen LogP contribution in [0, 0.1) is 6.42 Å². The van der Waals surface area contributed by atoms with Crippen molar-refractivity contribution < 1.29 is 4.74 Å². The number of hydrogen-bond donors (Lipinski definition) is 0. The molecule has 1 aliphatic heterocycles. The van der Waals surface area contributed by atoms with Gasteiger partial charge in [-0.1, -0.05) is 58.3 Å². The Morgan fingerprint density at radius 3 is 2.40 bits per heavy atom. The zero-order valence-corrected chi connectivity index (χ0v) is 10.3. The maximum atomic E-state index is 5.39. The first-order valence-corrected chi connectivity index (χ1v) is 6.86. The first-order chi connectivity index (χ1) is 7.43. The molecular formula is C14H27O. The van der Waals surface area contributed by atoms with Crippen LogP contribution in [-0.2, 0) is 4.74 Å². The molecule has 0 aromatic heterocycles. The van der Waals surface area contributed by atoms with Gasteiger partial charge in [-0.3, -0.25) is 0 Å². The molecule has 0 spiro atoms. The Bertz CT molecular complexity index is 129. The standard InChI is InChI=1S/C14H27O/c1-2-3-4-5-6-7-8-9-10-11-14-12-13-15-14/h6,14H,2-5,7-13H2,1H3. The lowest BCUT2D eigenvalue weighted by Crippen LogP contribution is -2.26. The second-order valence-corrected chi connectivity index (χ2v) is 4.70. The summed E-state index contributed by atoms with van der Waals surface area (Å²) in [5, 5.41) is 0. The third-order valence-electron chi connectivity index (χ3n) is 3.24. The molecule has 0 aromatic rings. The monoisotopic (exact) mass is 211 g/mol. The Morgan fingerprint density at radius 2 is 1.80 bits per heavy atom. The smallest absolute Gasteiger partial charge is 0.0597 e. The van der Waals surface area contributed by atoms with Crippen molar-refractivity contribution in [3.63, 3.8) is 0 Å². The van der Waals surface area contributed by atoms with Crippen molar-refractivity contribution in [1.82, 2.24) is 0 Å². The van der Waals surface area contributed by atoms with Crippen molar-refractivity contribution in [2.24, 2.45) is 0 Å². The summed E-state index contributed by atoms with van der Waals surface area (Å²) in [6.07, 6.45) is 16.7. The van der Waals surface area contributed by atoms with Gasteiger partial charge in [-0.2, -0.15) is 0 Å². The number of rotatable bonds is 10. The highest BCUT2D eigenvalue weighted by molar-refractivity contribution is 4.67. The largest absolute Gasteiger partial charge is 0.378 e. The molecule has 0 aromatic carbocycles. The van der Waals surface area contributed by atoms with Crippen LogP contribution in [-0.4, -0.2) is 12.7 Å². The van der Waals surface area contributed by atoms with Gasteiger partial charge in [-0.05, 0) is 19.3 Å². The minimum Gasteiger partial charge on any atom is -0.378 e. The van der Waals surface area contributed by atoms with Crippen molar-refractivity contribution in [2.45, 2.75) is 77.2 Å². The van der Waals surface area contributed by atoms with Gasteiger partial charge in [0.1, 0.15) is 0 Å². The normalized spacial score (nSPS) is 20.2. The van der Waals surface area contributed by atoms with Gasteiger partial charge in [0.25, 0.3) is 0 Å². The molecule has 1 unspecified atom stereocenters. The molecule has 1 nitrogen and oxygen atoms in total.